The van der Waals surface area contributed by atoms with E-state index in [0.717, 1.165) is 48.4 Å². The van der Waals surface area contributed by atoms with Crippen LogP contribution in [0.1, 0.15) is 94.1 Å². The van der Waals surface area contributed by atoms with Crippen molar-refractivity contribution in [2.75, 3.05) is 25.6 Å². The molecule has 8 nitrogen and oxygen atoms in total. The van der Waals surface area contributed by atoms with Gasteiger partial charge in [0.25, 0.3) is 0 Å². The molecule has 2 amide bonds. The van der Waals surface area contributed by atoms with E-state index in [9.17, 15) is 9.59 Å². The van der Waals surface area contributed by atoms with Gasteiger partial charge in [-0.25, -0.2) is 9.78 Å². The van der Waals surface area contributed by atoms with E-state index in [1.54, 1.807) is 20.4 Å². The molecular formula is C36H47N3O5. The highest BCUT2D eigenvalue weighted by molar-refractivity contribution is 5.95. The summed E-state index contributed by atoms with van der Waals surface area (Å²) < 4.78 is 16.7. The van der Waals surface area contributed by atoms with Crippen LogP contribution in [0.4, 0.5) is 10.5 Å². The summed E-state index contributed by atoms with van der Waals surface area (Å²) in [6.07, 6.45) is 8.33. The van der Waals surface area contributed by atoms with Crippen LogP contribution in [0, 0.1) is 18.8 Å². The van der Waals surface area contributed by atoms with Crippen LogP contribution in [0.15, 0.2) is 53.1 Å². The Labute approximate surface area is 261 Å². The summed E-state index contributed by atoms with van der Waals surface area (Å²) in [5.41, 5.74) is 5.18. The summed E-state index contributed by atoms with van der Waals surface area (Å²) in [4.78, 5) is 32.7. The standard InChI is InChI=1S/C36H47N3O5/c1-23(2)34-38-32(22-43-34)29-7-6-8-30(20-29)39(35(40)27-13-16-31(17-14-27)44-36(41)37-4)21-25-9-11-26(12-10-25)28-15-18-33(42-5)24(3)19-28/h6-8,15,18-20,22-23,25-27,31H,9-14,16-17,21H2,1-5H3,(H,37,41). The molecule has 1 aromatic heterocycles. The molecule has 0 aliphatic heterocycles. The molecule has 8 heteroatoms. The van der Waals surface area contributed by atoms with Gasteiger partial charge in [-0.15, -0.1) is 0 Å². The molecule has 2 aliphatic carbocycles. The number of benzene rings is 2. The monoisotopic (exact) mass is 601 g/mol. The highest BCUT2D eigenvalue weighted by atomic mass is 16.6. The number of anilines is 1. The molecule has 1 N–H and O–H groups in total. The number of carbonyl (C=O) groups excluding carboxylic acids is 2. The number of aryl methyl sites for hydroxylation is 1. The second-order valence-corrected chi connectivity index (χ2v) is 12.8. The van der Waals surface area contributed by atoms with Crippen LogP contribution in [-0.4, -0.2) is 43.8 Å². The van der Waals surface area contributed by atoms with Crippen molar-refractivity contribution in [2.45, 2.75) is 90.1 Å². The summed E-state index contributed by atoms with van der Waals surface area (Å²) in [7, 11) is 3.28. The van der Waals surface area contributed by atoms with E-state index in [0.29, 0.717) is 50.0 Å². The maximum atomic E-state index is 14.2. The number of rotatable bonds is 9. The Morgan fingerprint density at radius 1 is 1.02 bits per heavy atom. The Balaban J connectivity index is 1.32. The van der Waals surface area contributed by atoms with E-state index in [1.165, 1.54) is 11.1 Å². The normalized spacial score (nSPS) is 22.0. The molecule has 0 spiro atoms. The highest BCUT2D eigenvalue weighted by Gasteiger charge is 2.34. The first kappa shape index (κ1) is 31.6. The lowest BCUT2D eigenvalue weighted by Crippen LogP contribution is -2.42. The van der Waals surface area contributed by atoms with Gasteiger partial charge in [-0.3, -0.25) is 4.79 Å². The zero-order chi connectivity index (χ0) is 31.2. The van der Waals surface area contributed by atoms with Gasteiger partial charge in [0.2, 0.25) is 5.91 Å². The first-order valence-electron chi connectivity index (χ1n) is 16.2. The van der Waals surface area contributed by atoms with E-state index in [4.69, 9.17) is 18.9 Å². The second kappa shape index (κ2) is 14.3. The Kier molecular flexibility index (Phi) is 10.3. The molecule has 3 aromatic rings. The molecule has 44 heavy (non-hydrogen) atoms. The summed E-state index contributed by atoms with van der Waals surface area (Å²) in [6, 6.07) is 14.7. The number of oxazole rings is 1. The third-order valence-corrected chi connectivity index (χ3v) is 9.41. The maximum absolute atomic E-state index is 14.2. The summed E-state index contributed by atoms with van der Waals surface area (Å²) in [5, 5.41) is 2.53. The van der Waals surface area contributed by atoms with Gasteiger partial charge in [0.1, 0.15) is 23.8 Å². The van der Waals surface area contributed by atoms with Gasteiger partial charge in [-0.05, 0) is 99.5 Å². The van der Waals surface area contributed by atoms with Crippen molar-refractivity contribution in [1.29, 1.82) is 0 Å². The minimum Gasteiger partial charge on any atom is -0.496 e. The van der Waals surface area contributed by atoms with Gasteiger partial charge in [-0.2, -0.15) is 0 Å². The summed E-state index contributed by atoms with van der Waals surface area (Å²) in [6.45, 7) is 6.92. The number of ether oxygens (including phenoxy) is 2. The maximum Gasteiger partial charge on any atom is 0.407 e. The number of carbonyl (C=O) groups is 2. The molecule has 0 bridgehead atoms. The minimum atomic E-state index is -0.410. The van der Waals surface area contributed by atoms with E-state index >= 15 is 0 Å². The van der Waals surface area contributed by atoms with Crippen LogP contribution in [0.25, 0.3) is 11.3 Å². The molecule has 1 heterocycles. The van der Waals surface area contributed by atoms with E-state index in [1.807, 2.05) is 23.1 Å². The molecule has 0 unspecified atom stereocenters. The van der Waals surface area contributed by atoms with Gasteiger partial charge in [-0.1, -0.05) is 38.1 Å². The lowest BCUT2D eigenvalue weighted by molar-refractivity contribution is -0.124. The number of aromatic nitrogens is 1. The number of nitrogens with one attached hydrogen (secondary N) is 1. The molecule has 2 fully saturated rings. The van der Waals surface area contributed by atoms with Gasteiger partial charge in [0.05, 0.1) is 7.11 Å². The number of nitrogens with zero attached hydrogens (tertiary/aromatic N) is 2. The fourth-order valence-corrected chi connectivity index (χ4v) is 6.79. The Bertz CT molecular complexity index is 1420. The average Bonchev–Trinajstić information content (AvgIpc) is 3.55. The molecular weight excluding hydrogens is 554 g/mol. The first-order valence-corrected chi connectivity index (χ1v) is 16.2. The lowest BCUT2D eigenvalue weighted by Gasteiger charge is -2.36. The highest BCUT2D eigenvalue weighted by Crippen LogP contribution is 2.39. The number of hydrogen-bond acceptors (Lipinski definition) is 6. The topological polar surface area (TPSA) is 93.9 Å². The van der Waals surface area contributed by atoms with Crippen LogP contribution >= 0.6 is 0 Å². The van der Waals surface area contributed by atoms with Crippen LogP contribution in [-0.2, 0) is 9.53 Å². The van der Waals surface area contributed by atoms with Crippen molar-refractivity contribution in [3.8, 4) is 17.0 Å². The van der Waals surface area contributed by atoms with Gasteiger partial charge in [0.15, 0.2) is 5.89 Å². The van der Waals surface area contributed by atoms with Crippen molar-refractivity contribution >= 4 is 17.7 Å². The number of hydrogen-bond donors (Lipinski definition) is 1. The van der Waals surface area contributed by atoms with E-state index < -0.39 is 6.09 Å². The Hall–Kier alpha value is -3.81. The largest absolute Gasteiger partial charge is 0.496 e. The van der Waals surface area contributed by atoms with Crippen molar-refractivity contribution in [1.82, 2.24) is 10.3 Å². The zero-order valence-corrected chi connectivity index (χ0v) is 26.8. The third kappa shape index (κ3) is 7.45. The lowest BCUT2D eigenvalue weighted by atomic mass is 9.78. The SMILES string of the molecule is CNC(=O)OC1CCC(C(=O)N(CC2CCC(c3ccc(OC)c(C)c3)CC2)c2cccc(-c3coc(C(C)C)n3)c2)CC1. The molecule has 0 atom stereocenters. The van der Waals surface area contributed by atoms with Crippen molar-refractivity contribution in [3.63, 3.8) is 0 Å². The van der Waals surface area contributed by atoms with Crippen molar-refractivity contribution in [2.24, 2.45) is 11.8 Å². The molecule has 2 saturated carbocycles. The van der Waals surface area contributed by atoms with Gasteiger partial charge < -0.3 is 24.1 Å². The number of alkyl carbamates (subject to hydrolysis) is 1. The van der Waals surface area contributed by atoms with Crippen molar-refractivity contribution < 1.29 is 23.5 Å². The average molecular weight is 602 g/mol. The molecule has 5 rings (SSSR count). The van der Waals surface area contributed by atoms with Gasteiger partial charge >= 0.3 is 6.09 Å². The Morgan fingerprint density at radius 2 is 1.77 bits per heavy atom. The number of amides is 2. The first-order chi connectivity index (χ1) is 21.2. The molecule has 236 valence electrons. The summed E-state index contributed by atoms with van der Waals surface area (Å²) in [5.74, 6) is 2.85. The Morgan fingerprint density at radius 3 is 2.41 bits per heavy atom. The summed E-state index contributed by atoms with van der Waals surface area (Å²) >= 11 is 0. The van der Waals surface area contributed by atoms with Crippen LogP contribution in [0.5, 0.6) is 5.75 Å². The molecule has 0 radical (unpaired) electrons. The predicted molar refractivity (Wildman–Crippen MR) is 172 cm³/mol. The second-order valence-electron chi connectivity index (χ2n) is 12.8. The zero-order valence-electron chi connectivity index (χ0n) is 26.8. The fourth-order valence-electron chi connectivity index (χ4n) is 6.79. The molecule has 2 aliphatic rings. The van der Waals surface area contributed by atoms with Crippen LogP contribution in [0.2, 0.25) is 0 Å². The quantitative estimate of drug-likeness (QED) is 0.267. The molecule has 2 aromatic carbocycles. The van der Waals surface area contributed by atoms with E-state index in [2.05, 4.69) is 50.4 Å². The minimum absolute atomic E-state index is 0.0959. The van der Waals surface area contributed by atoms with E-state index in [-0.39, 0.29) is 23.8 Å². The fraction of sp³-hybridized carbons (Fsp3) is 0.528. The smallest absolute Gasteiger partial charge is 0.407 e. The van der Waals surface area contributed by atoms with Crippen LogP contribution in [0.3, 0.4) is 0 Å². The van der Waals surface area contributed by atoms with Gasteiger partial charge in [0, 0.05) is 36.7 Å². The molecule has 0 saturated heterocycles. The number of methoxy groups -OCH3 is 1. The third-order valence-electron chi connectivity index (χ3n) is 9.41. The van der Waals surface area contributed by atoms with Crippen LogP contribution < -0.4 is 15.0 Å². The predicted octanol–water partition coefficient (Wildman–Crippen LogP) is 8.00. The van der Waals surface area contributed by atoms with Crippen molar-refractivity contribution in [3.05, 3.63) is 65.7 Å².